The first-order valence-electron chi connectivity index (χ1n) is 11.0. The van der Waals surface area contributed by atoms with E-state index in [4.69, 9.17) is 21.1 Å². The lowest BCUT2D eigenvalue weighted by Crippen LogP contribution is -2.16. The van der Waals surface area contributed by atoms with Crippen molar-refractivity contribution in [3.05, 3.63) is 113 Å². The highest BCUT2D eigenvalue weighted by Crippen LogP contribution is 2.35. The van der Waals surface area contributed by atoms with Crippen LogP contribution in [0.15, 0.2) is 97.3 Å². The van der Waals surface area contributed by atoms with Crippen LogP contribution in [0, 0.1) is 0 Å². The van der Waals surface area contributed by atoms with Gasteiger partial charge in [-0.3, -0.25) is 4.98 Å². The van der Waals surface area contributed by atoms with Gasteiger partial charge in [0, 0.05) is 41.4 Å². The summed E-state index contributed by atoms with van der Waals surface area (Å²) in [5.74, 6) is 1.46. The minimum atomic E-state index is 0.594. The van der Waals surface area contributed by atoms with Crippen molar-refractivity contribution in [2.45, 2.75) is 19.4 Å². The summed E-state index contributed by atoms with van der Waals surface area (Å²) in [6, 6.07) is 28.4. The fraction of sp³-hybridized carbons (Fsp3) is 0.179. The molecular weight excluding hydrogens is 432 g/mol. The molecule has 0 aliphatic rings. The Labute approximate surface area is 200 Å². The fourth-order valence-corrected chi connectivity index (χ4v) is 3.80. The van der Waals surface area contributed by atoms with E-state index in [-0.39, 0.29) is 0 Å². The second-order valence-corrected chi connectivity index (χ2v) is 8.13. The third-order valence-corrected chi connectivity index (χ3v) is 5.62. The number of rotatable bonds is 10. The molecule has 0 N–H and O–H groups in total. The predicted molar refractivity (Wildman–Crippen MR) is 135 cm³/mol. The molecule has 3 aromatic carbocycles. The number of para-hydroxylation sites is 1. The Morgan fingerprint density at radius 1 is 0.818 bits per heavy atom. The molecule has 0 fully saturated rings. The van der Waals surface area contributed by atoms with E-state index < -0.39 is 0 Å². The normalized spacial score (nSPS) is 10.6. The molecule has 1 heterocycles. The summed E-state index contributed by atoms with van der Waals surface area (Å²) >= 11 is 5.98. The van der Waals surface area contributed by atoms with E-state index in [1.807, 2.05) is 54.7 Å². The van der Waals surface area contributed by atoms with Gasteiger partial charge in [-0.25, -0.2) is 0 Å². The van der Waals surface area contributed by atoms with Crippen LogP contribution in [0.2, 0.25) is 5.02 Å². The van der Waals surface area contributed by atoms with Crippen molar-refractivity contribution in [1.82, 2.24) is 4.98 Å². The van der Waals surface area contributed by atoms with Crippen molar-refractivity contribution in [1.29, 1.82) is 0 Å². The molecule has 4 aromatic rings. The molecule has 0 atom stereocenters. The topological polar surface area (TPSA) is 34.6 Å². The number of hydrogen-bond donors (Lipinski definition) is 0. The highest BCUT2D eigenvalue weighted by atomic mass is 35.5. The predicted octanol–water partition coefficient (Wildman–Crippen LogP) is 7.09. The average Bonchev–Trinajstić information content (AvgIpc) is 2.87. The Morgan fingerprint density at radius 3 is 2.36 bits per heavy atom. The number of nitrogens with zero attached hydrogens (tertiary/aromatic N) is 2. The van der Waals surface area contributed by atoms with Gasteiger partial charge in [-0.05, 0) is 66.4 Å². The number of benzene rings is 3. The van der Waals surface area contributed by atoms with Crippen LogP contribution in [-0.2, 0) is 13.0 Å². The Morgan fingerprint density at radius 2 is 1.64 bits per heavy atom. The fourth-order valence-electron chi connectivity index (χ4n) is 3.67. The summed E-state index contributed by atoms with van der Waals surface area (Å²) in [4.78, 5) is 6.52. The molecule has 0 saturated heterocycles. The number of anilines is 2. The van der Waals surface area contributed by atoms with Gasteiger partial charge in [0.15, 0.2) is 11.5 Å². The molecule has 168 valence electrons. The van der Waals surface area contributed by atoms with Gasteiger partial charge in [-0.1, -0.05) is 48.0 Å². The molecule has 0 radical (unpaired) electrons. The molecule has 0 aliphatic carbocycles. The Kier molecular flexibility index (Phi) is 7.83. The molecule has 1 aromatic heterocycles. The summed E-state index contributed by atoms with van der Waals surface area (Å²) in [6.45, 7) is 1.29. The first-order chi connectivity index (χ1) is 16.2. The minimum Gasteiger partial charge on any atom is -0.493 e. The van der Waals surface area contributed by atoms with Gasteiger partial charge in [0.25, 0.3) is 0 Å². The monoisotopic (exact) mass is 458 g/mol. The Hall–Kier alpha value is -3.50. The highest BCUT2D eigenvalue weighted by Gasteiger charge is 2.14. The average molecular weight is 459 g/mol. The second-order valence-electron chi connectivity index (χ2n) is 7.70. The van der Waals surface area contributed by atoms with Crippen LogP contribution in [0.4, 0.5) is 11.4 Å². The van der Waals surface area contributed by atoms with Crippen LogP contribution >= 0.6 is 11.6 Å². The zero-order valence-corrected chi connectivity index (χ0v) is 19.4. The maximum atomic E-state index is 6.16. The van der Waals surface area contributed by atoms with Crippen LogP contribution in [0.3, 0.4) is 0 Å². The number of halogens is 1. The van der Waals surface area contributed by atoms with Crippen molar-refractivity contribution < 1.29 is 9.47 Å². The zero-order valence-electron chi connectivity index (χ0n) is 18.7. The number of pyridine rings is 1. The molecule has 0 spiro atoms. The molecular formula is C28H27ClN2O2. The van der Waals surface area contributed by atoms with Crippen LogP contribution in [-0.4, -0.2) is 18.7 Å². The van der Waals surface area contributed by atoms with Crippen molar-refractivity contribution >= 4 is 23.0 Å². The highest BCUT2D eigenvalue weighted by molar-refractivity contribution is 6.30. The quantitative estimate of drug-likeness (QED) is 0.237. The van der Waals surface area contributed by atoms with E-state index in [1.165, 1.54) is 5.56 Å². The van der Waals surface area contributed by atoms with Crippen molar-refractivity contribution in [2.24, 2.45) is 0 Å². The molecule has 4 nitrogen and oxygen atoms in total. The standard InChI is InChI=1S/C28H27ClN2O2/c1-32-27-16-15-26(19-28(27)33-18-6-8-22-11-13-24(29)14-12-22)31(25-9-3-2-4-10-25)21-23-7-5-17-30-20-23/h2-5,7,9-17,19-20H,6,8,18,21H2,1H3. The SMILES string of the molecule is COc1ccc(N(Cc2cccnc2)c2ccccc2)cc1OCCCc1ccc(Cl)cc1. The zero-order chi connectivity index (χ0) is 22.9. The molecule has 0 bridgehead atoms. The maximum Gasteiger partial charge on any atom is 0.163 e. The summed E-state index contributed by atoms with van der Waals surface area (Å²) in [5.41, 5.74) is 4.50. The van der Waals surface area contributed by atoms with E-state index in [0.29, 0.717) is 13.2 Å². The van der Waals surface area contributed by atoms with Gasteiger partial charge in [0.05, 0.1) is 13.7 Å². The van der Waals surface area contributed by atoms with Gasteiger partial charge in [-0.2, -0.15) is 0 Å². The van der Waals surface area contributed by atoms with Crippen LogP contribution in [0.1, 0.15) is 17.5 Å². The van der Waals surface area contributed by atoms with E-state index in [2.05, 4.69) is 46.3 Å². The summed E-state index contributed by atoms with van der Waals surface area (Å²) in [7, 11) is 1.67. The molecule has 0 saturated carbocycles. The van der Waals surface area contributed by atoms with Crippen LogP contribution in [0.25, 0.3) is 0 Å². The number of aromatic nitrogens is 1. The van der Waals surface area contributed by atoms with Crippen molar-refractivity contribution in [2.75, 3.05) is 18.6 Å². The lowest BCUT2D eigenvalue weighted by Gasteiger charge is -2.26. The van der Waals surface area contributed by atoms with E-state index in [0.717, 1.165) is 46.3 Å². The number of hydrogen-bond acceptors (Lipinski definition) is 4. The van der Waals surface area contributed by atoms with Crippen molar-refractivity contribution in [3.63, 3.8) is 0 Å². The lowest BCUT2D eigenvalue weighted by molar-refractivity contribution is 0.289. The molecule has 5 heteroatoms. The van der Waals surface area contributed by atoms with Crippen LogP contribution < -0.4 is 14.4 Å². The molecule has 33 heavy (non-hydrogen) atoms. The van der Waals surface area contributed by atoms with Gasteiger partial charge < -0.3 is 14.4 Å². The maximum absolute atomic E-state index is 6.16. The molecule has 4 rings (SSSR count). The Bertz CT molecular complexity index is 1140. The smallest absolute Gasteiger partial charge is 0.163 e. The third kappa shape index (κ3) is 6.27. The minimum absolute atomic E-state index is 0.594. The van der Waals surface area contributed by atoms with E-state index in [1.54, 1.807) is 13.3 Å². The summed E-state index contributed by atoms with van der Waals surface area (Å²) < 4.78 is 11.7. The summed E-state index contributed by atoms with van der Waals surface area (Å²) in [6.07, 6.45) is 5.51. The number of ether oxygens (including phenoxy) is 2. The number of methoxy groups -OCH3 is 1. The third-order valence-electron chi connectivity index (χ3n) is 5.37. The van der Waals surface area contributed by atoms with Gasteiger partial charge in [0.2, 0.25) is 0 Å². The van der Waals surface area contributed by atoms with Gasteiger partial charge >= 0.3 is 0 Å². The Balaban J connectivity index is 1.51. The molecule has 0 aliphatic heterocycles. The summed E-state index contributed by atoms with van der Waals surface area (Å²) in [5, 5.41) is 0.755. The van der Waals surface area contributed by atoms with E-state index >= 15 is 0 Å². The first kappa shape index (κ1) is 22.7. The lowest BCUT2D eigenvalue weighted by atomic mass is 10.1. The second kappa shape index (κ2) is 11.4. The van der Waals surface area contributed by atoms with E-state index in [9.17, 15) is 0 Å². The van der Waals surface area contributed by atoms with Crippen molar-refractivity contribution in [3.8, 4) is 11.5 Å². The van der Waals surface area contributed by atoms with Gasteiger partial charge in [-0.15, -0.1) is 0 Å². The molecule has 0 unspecified atom stereocenters. The number of aryl methyl sites for hydroxylation is 1. The van der Waals surface area contributed by atoms with Gasteiger partial charge in [0.1, 0.15) is 0 Å². The van der Waals surface area contributed by atoms with Crippen LogP contribution in [0.5, 0.6) is 11.5 Å². The molecule has 0 amide bonds. The first-order valence-corrected chi connectivity index (χ1v) is 11.4. The largest absolute Gasteiger partial charge is 0.493 e.